The SMILES string of the molecule is CCCOC(=O)[C@@H](C)Oc1ccc2c(=O)c(Oc3cc(C)cc(C)c3)c(C(F)(F)F)oc2c1. The van der Waals surface area contributed by atoms with Crippen molar-refractivity contribution in [1.29, 1.82) is 0 Å². The maximum Gasteiger partial charge on any atom is 0.453 e. The zero-order valence-corrected chi connectivity index (χ0v) is 18.5. The number of benzene rings is 2. The molecular weight excluding hydrogens is 441 g/mol. The highest BCUT2D eigenvalue weighted by atomic mass is 19.4. The van der Waals surface area contributed by atoms with Gasteiger partial charge in [-0.1, -0.05) is 13.0 Å². The van der Waals surface area contributed by atoms with Crippen molar-refractivity contribution in [3.05, 3.63) is 63.5 Å². The van der Waals surface area contributed by atoms with Crippen molar-refractivity contribution in [1.82, 2.24) is 0 Å². The first-order valence-corrected chi connectivity index (χ1v) is 10.3. The number of ether oxygens (including phenoxy) is 3. The summed E-state index contributed by atoms with van der Waals surface area (Å²) >= 11 is 0. The van der Waals surface area contributed by atoms with Gasteiger partial charge in [0, 0.05) is 6.07 Å². The van der Waals surface area contributed by atoms with Crippen LogP contribution in [0.3, 0.4) is 0 Å². The van der Waals surface area contributed by atoms with Crippen LogP contribution in [-0.4, -0.2) is 18.7 Å². The summed E-state index contributed by atoms with van der Waals surface area (Å²) in [5.74, 6) is -3.00. The molecule has 0 amide bonds. The van der Waals surface area contributed by atoms with Crippen LogP contribution in [0.4, 0.5) is 13.2 Å². The summed E-state index contributed by atoms with van der Waals surface area (Å²) in [6, 6.07) is 8.60. The Morgan fingerprint density at radius 3 is 2.33 bits per heavy atom. The molecule has 2 aromatic carbocycles. The van der Waals surface area contributed by atoms with Gasteiger partial charge in [0.05, 0.1) is 12.0 Å². The molecule has 1 heterocycles. The van der Waals surface area contributed by atoms with Crippen LogP contribution in [0.2, 0.25) is 0 Å². The van der Waals surface area contributed by atoms with Gasteiger partial charge in [-0.05, 0) is 62.6 Å². The monoisotopic (exact) mass is 464 g/mol. The second kappa shape index (κ2) is 9.56. The molecule has 6 nitrogen and oxygen atoms in total. The Hall–Kier alpha value is -3.49. The van der Waals surface area contributed by atoms with E-state index >= 15 is 0 Å². The van der Waals surface area contributed by atoms with E-state index in [2.05, 4.69) is 0 Å². The molecular formula is C24H23F3O6. The van der Waals surface area contributed by atoms with Gasteiger partial charge in [0.1, 0.15) is 17.1 Å². The standard InChI is InChI=1S/C24H23F3O6/c1-5-8-30-23(29)15(4)31-16-6-7-18-19(12-16)33-22(24(25,26)27)21(20(18)28)32-17-10-13(2)9-14(3)11-17/h6-7,9-12,15H,5,8H2,1-4H3/t15-/m1/s1. The van der Waals surface area contributed by atoms with E-state index in [0.29, 0.717) is 6.42 Å². The van der Waals surface area contributed by atoms with Crippen LogP contribution < -0.4 is 14.9 Å². The molecule has 3 aromatic rings. The Kier molecular flexibility index (Phi) is 7.00. The van der Waals surface area contributed by atoms with Gasteiger partial charge >= 0.3 is 12.1 Å². The Labute approximate surface area is 187 Å². The van der Waals surface area contributed by atoms with Crippen LogP contribution in [0.1, 0.15) is 37.2 Å². The number of carbonyl (C=O) groups is 1. The number of rotatable bonds is 7. The summed E-state index contributed by atoms with van der Waals surface area (Å²) in [7, 11) is 0. The van der Waals surface area contributed by atoms with Gasteiger partial charge in [-0.3, -0.25) is 4.79 Å². The Balaban J connectivity index is 2.03. The van der Waals surface area contributed by atoms with E-state index in [9.17, 15) is 22.8 Å². The molecule has 0 spiro atoms. The minimum Gasteiger partial charge on any atom is -0.479 e. The highest BCUT2D eigenvalue weighted by Crippen LogP contribution is 2.39. The fourth-order valence-corrected chi connectivity index (χ4v) is 3.19. The molecule has 0 fully saturated rings. The lowest BCUT2D eigenvalue weighted by Crippen LogP contribution is -2.26. The lowest BCUT2D eigenvalue weighted by Gasteiger charge is -2.16. The second-order valence-corrected chi connectivity index (χ2v) is 7.60. The highest BCUT2D eigenvalue weighted by molar-refractivity contribution is 5.80. The van der Waals surface area contributed by atoms with Gasteiger partial charge in [-0.25, -0.2) is 4.79 Å². The van der Waals surface area contributed by atoms with E-state index in [1.807, 2.05) is 13.0 Å². The fourth-order valence-electron chi connectivity index (χ4n) is 3.19. The first kappa shape index (κ1) is 24.2. The molecule has 0 bridgehead atoms. The van der Waals surface area contributed by atoms with E-state index in [1.165, 1.54) is 31.2 Å². The summed E-state index contributed by atoms with van der Waals surface area (Å²) < 4.78 is 62.1. The predicted octanol–water partition coefficient (Wildman–Crippen LogP) is 5.94. The van der Waals surface area contributed by atoms with Gasteiger partial charge in [0.2, 0.25) is 11.2 Å². The fraction of sp³-hybridized carbons (Fsp3) is 0.333. The van der Waals surface area contributed by atoms with Crippen molar-refractivity contribution in [2.45, 2.75) is 46.4 Å². The molecule has 176 valence electrons. The largest absolute Gasteiger partial charge is 0.479 e. The first-order valence-electron chi connectivity index (χ1n) is 10.3. The lowest BCUT2D eigenvalue weighted by molar-refractivity contribution is -0.154. The van der Waals surface area contributed by atoms with Gasteiger partial charge in [0.15, 0.2) is 6.10 Å². The van der Waals surface area contributed by atoms with Crippen molar-refractivity contribution in [2.24, 2.45) is 0 Å². The summed E-state index contributed by atoms with van der Waals surface area (Å²) in [6.45, 7) is 7.01. The Morgan fingerprint density at radius 2 is 1.73 bits per heavy atom. The van der Waals surface area contributed by atoms with Crippen molar-refractivity contribution < 1.29 is 36.6 Å². The molecule has 0 radical (unpaired) electrons. The van der Waals surface area contributed by atoms with E-state index in [-0.39, 0.29) is 29.1 Å². The van der Waals surface area contributed by atoms with Crippen LogP contribution in [0.5, 0.6) is 17.2 Å². The minimum absolute atomic E-state index is 0.0442. The molecule has 3 rings (SSSR count). The number of aryl methyl sites for hydroxylation is 2. The van der Waals surface area contributed by atoms with Gasteiger partial charge in [-0.2, -0.15) is 13.2 Å². The number of alkyl halides is 3. The van der Waals surface area contributed by atoms with Crippen LogP contribution in [0, 0.1) is 13.8 Å². The maximum absolute atomic E-state index is 13.7. The van der Waals surface area contributed by atoms with E-state index in [0.717, 1.165) is 17.2 Å². The maximum atomic E-state index is 13.7. The van der Waals surface area contributed by atoms with Gasteiger partial charge < -0.3 is 18.6 Å². The van der Waals surface area contributed by atoms with Crippen LogP contribution in [-0.2, 0) is 15.7 Å². The average Bonchev–Trinajstić information content (AvgIpc) is 2.72. The molecule has 0 aliphatic heterocycles. The smallest absolute Gasteiger partial charge is 0.453 e. The summed E-state index contributed by atoms with van der Waals surface area (Å²) in [5.41, 5.74) is 0.186. The van der Waals surface area contributed by atoms with Crippen LogP contribution in [0.15, 0.2) is 45.6 Å². The Bertz CT molecular complexity index is 1210. The van der Waals surface area contributed by atoms with Crippen LogP contribution >= 0.6 is 0 Å². The molecule has 0 saturated heterocycles. The number of halogens is 3. The lowest BCUT2D eigenvalue weighted by atomic mass is 10.1. The van der Waals surface area contributed by atoms with Crippen molar-refractivity contribution in [2.75, 3.05) is 6.61 Å². The molecule has 0 N–H and O–H groups in total. The molecule has 9 heteroatoms. The zero-order valence-electron chi connectivity index (χ0n) is 18.5. The second-order valence-electron chi connectivity index (χ2n) is 7.60. The molecule has 0 aliphatic carbocycles. The quantitative estimate of drug-likeness (QED) is 0.403. The Morgan fingerprint density at radius 1 is 1.06 bits per heavy atom. The summed E-state index contributed by atoms with van der Waals surface area (Å²) in [4.78, 5) is 24.8. The van der Waals surface area contributed by atoms with Gasteiger partial charge in [0.25, 0.3) is 5.76 Å². The molecule has 0 aliphatic rings. The predicted molar refractivity (Wildman–Crippen MR) is 115 cm³/mol. The van der Waals surface area contributed by atoms with E-state index < -0.39 is 35.2 Å². The minimum atomic E-state index is -4.99. The van der Waals surface area contributed by atoms with E-state index in [4.69, 9.17) is 18.6 Å². The molecule has 1 atom stereocenters. The first-order chi connectivity index (χ1) is 15.5. The molecule has 1 aromatic heterocycles. The van der Waals surface area contributed by atoms with E-state index in [1.54, 1.807) is 13.8 Å². The van der Waals surface area contributed by atoms with Gasteiger partial charge in [-0.15, -0.1) is 0 Å². The average molecular weight is 464 g/mol. The molecule has 0 saturated carbocycles. The number of esters is 1. The number of hydrogen-bond acceptors (Lipinski definition) is 6. The molecule has 0 unspecified atom stereocenters. The van der Waals surface area contributed by atoms with Crippen molar-refractivity contribution >= 4 is 16.9 Å². The molecule has 33 heavy (non-hydrogen) atoms. The highest BCUT2D eigenvalue weighted by Gasteiger charge is 2.40. The third kappa shape index (κ3) is 5.66. The number of hydrogen-bond donors (Lipinski definition) is 0. The number of carbonyl (C=O) groups excluding carboxylic acids is 1. The normalized spacial score (nSPS) is 12.5. The summed E-state index contributed by atoms with van der Waals surface area (Å²) in [6.07, 6.45) is -5.36. The van der Waals surface area contributed by atoms with Crippen molar-refractivity contribution in [3.8, 4) is 17.2 Å². The summed E-state index contributed by atoms with van der Waals surface area (Å²) in [5, 5.41) is -0.129. The van der Waals surface area contributed by atoms with Crippen LogP contribution in [0.25, 0.3) is 11.0 Å². The topological polar surface area (TPSA) is 75.0 Å². The van der Waals surface area contributed by atoms with Crippen molar-refractivity contribution in [3.63, 3.8) is 0 Å². The third-order valence-electron chi connectivity index (χ3n) is 4.59. The zero-order chi connectivity index (χ0) is 24.3. The number of fused-ring (bicyclic) bond motifs is 1. The third-order valence-corrected chi connectivity index (χ3v) is 4.59.